The smallest absolute Gasteiger partial charge is 0.287 e. The van der Waals surface area contributed by atoms with Crippen LogP contribution in [0.4, 0.5) is 5.69 Å². The number of thioether (sulfide) groups is 1. The summed E-state index contributed by atoms with van der Waals surface area (Å²) < 4.78 is 1.16. The van der Waals surface area contributed by atoms with Crippen molar-refractivity contribution in [2.75, 3.05) is 23.9 Å². The monoisotopic (exact) mass is 291 g/mol. The first-order chi connectivity index (χ1) is 8.63. The second-order valence-corrected chi connectivity index (χ2v) is 5.12. The molecular weight excluding hydrogens is 274 g/mol. The van der Waals surface area contributed by atoms with Gasteiger partial charge in [0.1, 0.15) is 5.02 Å². The first-order valence-corrected chi connectivity index (χ1v) is 7.53. The molecule has 0 bridgehead atoms. The first-order valence-electron chi connectivity index (χ1n) is 5.76. The molecule has 5 nitrogen and oxygen atoms in total. The Balaban J connectivity index is 2.91. The summed E-state index contributed by atoms with van der Waals surface area (Å²) in [7, 11) is 0. The molecule has 0 aliphatic rings. The summed E-state index contributed by atoms with van der Waals surface area (Å²) in [5, 5.41) is 16.1. The van der Waals surface area contributed by atoms with E-state index in [-0.39, 0.29) is 29.8 Å². The van der Waals surface area contributed by atoms with Crippen LogP contribution >= 0.6 is 23.4 Å². The van der Waals surface area contributed by atoms with Crippen LogP contribution in [0.2, 0.25) is 5.02 Å². The van der Waals surface area contributed by atoms with Crippen molar-refractivity contribution in [2.24, 2.45) is 0 Å². The molecule has 1 unspecified atom stereocenters. The van der Waals surface area contributed by atoms with Crippen molar-refractivity contribution < 1.29 is 5.11 Å². The lowest BCUT2D eigenvalue weighted by Crippen LogP contribution is -2.28. The molecule has 0 aromatic carbocycles. The van der Waals surface area contributed by atoms with E-state index in [2.05, 4.69) is 17.3 Å². The standard InChI is InChI=1S/C11H18ClN3O2S/c1-3-8(7-18-2)14-9-6-13-15(4-5-16)11(17)10(9)12/h6,8,14,16H,3-5,7H2,1-2H3. The minimum absolute atomic E-state index is 0.123. The summed E-state index contributed by atoms with van der Waals surface area (Å²) in [6.07, 6.45) is 4.50. The molecule has 0 spiro atoms. The lowest BCUT2D eigenvalue weighted by atomic mass is 10.2. The number of nitrogens with zero attached hydrogens (tertiary/aromatic N) is 2. The Morgan fingerprint density at radius 1 is 1.67 bits per heavy atom. The molecule has 1 rings (SSSR count). The Kier molecular flexibility index (Phi) is 6.52. The highest BCUT2D eigenvalue weighted by Gasteiger charge is 2.12. The van der Waals surface area contributed by atoms with Gasteiger partial charge in [0, 0.05) is 11.8 Å². The average Bonchev–Trinajstić information content (AvgIpc) is 2.37. The van der Waals surface area contributed by atoms with Crippen LogP contribution in [-0.2, 0) is 6.54 Å². The van der Waals surface area contributed by atoms with Crippen LogP contribution in [0.1, 0.15) is 13.3 Å². The van der Waals surface area contributed by atoms with E-state index in [4.69, 9.17) is 16.7 Å². The van der Waals surface area contributed by atoms with Gasteiger partial charge in [-0.15, -0.1) is 0 Å². The normalized spacial score (nSPS) is 12.4. The topological polar surface area (TPSA) is 67.2 Å². The minimum atomic E-state index is -0.380. The van der Waals surface area contributed by atoms with Crippen molar-refractivity contribution in [1.29, 1.82) is 0 Å². The molecule has 0 radical (unpaired) electrons. The van der Waals surface area contributed by atoms with E-state index in [1.54, 1.807) is 11.8 Å². The zero-order chi connectivity index (χ0) is 13.5. The number of halogens is 1. The van der Waals surface area contributed by atoms with E-state index in [0.717, 1.165) is 16.9 Å². The molecule has 1 atom stereocenters. The predicted molar refractivity (Wildman–Crippen MR) is 76.7 cm³/mol. The molecule has 0 aliphatic carbocycles. The van der Waals surface area contributed by atoms with Crippen molar-refractivity contribution in [3.8, 4) is 0 Å². The van der Waals surface area contributed by atoms with Gasteiger partial charge in [0.05, 0.1) is 25.0 Å². The molecular formula is C11H18ClN3O2S. The summed E-state index contributed by atoms with van der Waals surface area (Å²) in [6, 6.07) is 0.257. The van der Waals surface area contributed by atoms with Crippen molar-refractivity contribution in [3.63, 3.8) is 0 Å². The number of hydrogen-bond donors (Lipinski definition) is 2. The summed E-state index contributed by atoms with van der Waals surface area (Å²) in [5.41, 5.74) is 0.173. The number of aliphatic hydroxyl groups excluding tert-OH is 1. The van der Waals surface area contributed by atoms with Crippen LogP contribution in [0.15, 0.2) is 11.0 Å². The number of anilines is 1. The summed E-state index contributed by atoms with van der Waals surface area (Å²) in [5.74, 6) is 0.937. The van der Waals surface area contributed by atoms with Crippen LogP contribution in [0.5, 0.6) is 0 Å². The average molecular weight is 292 g/mol. The fourth-order valence-electron chi connectivity index (χ4n) is 1.50. The van der Waals surface area contributed by atoms with Crippen LogP contribution < -0.4 is 10.9 Å². The maximum absolute atomic E-state index is 11.8. The second kappa shape index (κ2) is 7.66. The van der Waals surface area contributed by atoms with Crippen molar-refractivity contribution in [2.45, 2.75) is 25.9 Å². The molecule has 1 aromatic rings. The van der Waals surface area contributed by atoms with E-state index in [1.807, 2.05) is 6.26 Å². The molecule has 0 saturated heterocycles. The van der Waals surface area contributed by atoms with Gasteiger partial charge in [-0.2, -0.15) is 16.9 Å². The second-order valence-electron chi connectivity index (χ2n) is 3.83. The van der Waals surface area contributed by atoms with Gasteiger partial charge in [-0.25, -0.2) is 4.68 Å². The molecule has 18 heavy (non-hydrogen) atoms. The van der Waals surface area contributed by atoms with Crippen LogP contribution in [0.3, 0.4) is 0 Å². The van der Waals surface area contributed by atoms with Crippen molar-refractivity contribution in [3.05, 3.63) is 21.6 Å². The number of aliphatic hydroxyl groups is 1. The van der Waals surface area contributed by atoms with Gasteiger partial charge in [-0.1, -0.05) is 18.5 Å². The number of nitrogens with one attached hydrogen (secondary N) is 1. The minimum Gasteiger partial charge on any atom is -0.394 e. The van der Waals surface area contributed by atoms with Gasteiger partial charge in [-0.05, 0) is 12.7 Å². The Hall–Kier alpha value is -0.720. The zero-order valence-corrected chi connectivity index (χ0v) is 12.1. The molecule has 1 aromatic heterocycles. The van der Waals surface area contributed by atoms with Gasteiger partial charge in [0.15, 0.2) is 0 Å². The molecule has 2 N–H and O–H groups in total. The van der Waals surface area contributed by atoms with Crippen LogP contribution in [0, 0.1) is 0 Å². The Bertz CT molecular complexity index is 439. The highest BCUT2D eigenvalue weighted by atomic mass is 35.5. The van der Waals surface area contributed by atoms with Crippen LogP contribution in [0.25, 0.3) is 0 Å². The van der Waals surface area contributed by atoms with E-state index < -0.39 is 0 Å². The maximum atomic E-state index is 11.8. The molecule has 0 aliphatic heterocycles. The fraction of sp³-hybridized carbons (Fsp3) is 0.636. The third-order valence-electron chi connectivity index (χ3n) is 2.52. The van der Waals surface area contributed by atoms with Crippen molar-refractivity contribution in [1.82, 2.24) is 9.78 Å². The molecule has 0 saturated carbocycles. The highest BCUT2D eigenvalue weighted by molar-refractivity contribution is 7.98. The Morgan fingerprint density at radius 3 is 2.94 bits per heavy atom. The highest BCUT2D eigenvalue weighted by Crippen LogP contribution is 2.18. The fourth-order valence-corrected chi connectivity index (χ4v) is 2.42. The molecule has 0 fully saturated rings. The molecule has 7 heteroatoms. The Morgan fingerprint density at radius 2 is 2.39 bits per heavy atom. The van der Waals surface area contributed by atoms with E-state index in [9.17, 15) is 4.79 Å². The van der Waals surface area contributed by atoms with E-state index in [1.165, 1.54) is 6.20 Å². The van der Waals surface area contributed by atoms with Gasteiger partial charge < -0.3 is 10.4 Å². The van der Waals surface area contributed by atoms with Crippen molar-refractivity contribution >= 4 is 29.1 Å². The molecule has 102 valence electrons. The zero-order valence-electron chi connectivity index (χ0n) is 10.5. The third kappa shape index (κ3) is 3.90. The molecule has 1 heterocycles. The number of aromatic nitrogens is 2. The van der Waals surface area contributed by atoms with E-state index >= 15 is 0 Å². The largest absolute Gasteiger partial charge is 0.394 e. The first kappa shape index (κ1) is 15.3. The quantitative estimate of drug-likeness (QED) is 0.796. The summed E-state index contributed by atoms with van der Waals surface area (Å²) in [6.45, 7) is 2.09. The lowest BCUT2D eigenvalue weighted by molar-refractivity contribution is 0.266. The number of rotatable bonds is 7. The predicted octanol–water partition coefficient (Wildman–Crippen LogP) is 1.44. The number of hydrogen-bond acceptors (Lipinski definition) is 5. The van der Waals surface area contributed by atoms with Gasteiger partial charge >= 0.3 is 0 Å². The summed E-state index contributed by atoms with van der Waals surface area (Å²) >= 11 is 7.74. The summed E-state index contributed by atoms with van der Waals surface area (Å²) in [4.78, 5) is 11.8. The van der Waals surface area contributed by atoms with Gasteiger partial charge in [0.2, 0.25) is 0 Å². The van der Waals surface area contributed by atoms with Gasteiger partial charge in [0.25, 0.3) is 5.56 Å². The van der Waals surface area contributed by atoms with Gasteiger partial charge in [-0.3, -0.25) is 4.79 Å². The van der Waals surface area contributed by atoms with Crippen LogP contribution in [-0.4, -0.2) is 39.5 Å². The third-order valence-corrected chi connectivity index (χ3v) is 3.62. The Labute approximate surface area is 116 Å². The maximum Gasteiger partial charge on any atom is 0.287 e. The van der Waals surface area contributed by atoms with E-state index in [0.29, 0.717) is 5.69 Å². The lowest BCUT2D eigenvalue weighted by Gasteiger charge is -2.18. The molecule has 0 amide bonds. The SMILES string of the molecule is CCC(CSC)Nc1cnn(CCO)c(=O)c1Cl.